The van der Waals surface area contributed by atoms with E-state index in [2.05, 4.69) is 53.6 Å². The fourth-order valence-corrected chi connectivity index (χ4v) is 4.51. The molecule has 1 aliphatic heterocycles. The Morgan fingerprint density at radius 1 is 0.970 bits per heavy atom. The van der Waals surface area contributed by atoms with Crippen molar-refractivity contribution in [3.63, 3.8) is 0 Å². The minimum Gasteiger partial charge on any atom is -0.350 e. The van der Waals surface area contributed by atoms with Gasteiger partial charge in [-0.3, -0.25) is 14.5 Å². The summed E-state index contributed by atoms with van der Waals surface area (Å²) in [5.41, 5.74) is 1.86. The summed E-state index contributed by atoms with van der Waals surface area (Å²) in [6.07, 6.45) is 1.52. The van der Waals surface area contributed by atoms with Crippen LogP contribution < -0.4 is 10.6 Å². The third-order valence-electron chi connectivity index (χ3n) is 6.21. The van der Waals surface area contributed by atoms with Crippen molar-refractivity contribution in [3.05, 3.63) is 83.9 Å². The van der Waals surface area contributed by atoms with Crippen molar-refractivity contribution >= 4 is 22.6 Å². The molecule has 1 aliphatic rings. The predicted molar refractivity (Wildman–Crippen MR) is 133 cm³/mol. The van der Waals surface area contributed by atoms with Crippen LogP contribution in [0.5, 0.6) is 0 Å². The summed E-state index contributed by atoms with van der Waals surface area (Å²) >= 11 is 0. The van der Waals surface area contributed by atoms with Gasteiger partial charge in [-0.25, -0.2) is 0 Å². The number of nitrogens with zero attached hydrogens (tertiary/aromatic N) is 1. The van der Waals surface area contributed by atoms with Gasteiger partial charge in [0.15, 0.2) is 0 Å². The largest absolute Gasteiger partial charge is 0.350 e. The molecule has 0 aromatic heterocycles. The van der Waals surface area contributed by atoms with Gasteiger partial charge in [0, 0.05) is 31.2 Å². The normalized spacial score (nSPS) is 17.2. The van der Waals surface area contributed by atoms with Crippen molar-refractivity contribution < 1.29 is 9.59 Å². The van der Waals surface area contributed by atoms with Crippen LogP contribution in [0, 0.1) is 5.92 Å². The molecule has 0 unspecified atom stereocenters. The molecular weight excluding hydrogens is 410 g/mol. The Morgan fingerprint density at radius 2 is 1.70 bits per heavy atom. The van der Waals surface area contributed by atoms with Crippen LogP contribution >= 0.6 is 0 Å². The first-order valence-corrected chi connectivity index (χ1v) is 11.8. The summed E-state index contributed by atoms with van der Waals surface area (Å²) in [5.74, 6) is -0.0149. The molecular formula is C28H33N3O2. The standard InChI is InChI=1S/C28H33N3O2/c1-20(2)16-26(30-27(32)24-13-12-22-10-6-7-11-23(22)17-24)28(33)29-25-14-15-31(19-25)18-21-8-4-3-5-9-21/h3-13,17,20,25-26H,14-16,18-19H2,1-2H3,(H,29,33)(H,30,32)/t25-,26+/m1/s1. The lowest BCUT2D eigenvalue weighted by Crippen LogP contribution is -2.50. The van der Waals surface area contributed by atoms with Gasteiger partial charge >= 0.3 is 0 Å². The van der Waals surface area contributed by atoms with Crippen molar-refractivity contribution in [2.75, 3.05) is 13.1 Å². The van der Waals surface area contributed by atoms with Gasteiger partial charge in [-0.05, 0) is 47.2 Å². The molecule has 1 heterocycles. The first-order valence-electron chi connectivity index (χ1n) is 11.8. The van der Waals surface area contributed by atoms with Crippen LogP contribution in [0.3, 0.4) is 0 Å². The molecule has 3 aromatic carbocycles. The number of hydrogen-bond donors (Lipinski definition) is 2. The van der Waals surface area contributed by atoms with Crippen LogP contribution in [0.4, 0.5) is 0 Å². The number of nitrogens with one attached hydrogen (secondary N) is 2. The maximum Gasteiger partial charge on any atom is 0.251 e. The lowest BCUT2D eigenvalue weighted by molar-refractivity contribution is -0.124. The van der Waals surface area contributed by atoms with Crippen molar-refractivity contribution in [1.82, 2.24) is 15.5 Å². The molecule has 0 radical (unpaired) electrons. The molecule has 4 rings (SSSR count). The van der Waals surface area contributed by atoms with E-state index in [1.54, 1.807) is 0 Å². The minimum atomic E-state index is -0.549. The van der Waals surface area contributed by atoms with Gasteiger partial charge in [0.25, 0.3) is 5.91 Å². The van der Waals surface area contributed by atoms with E-state index in [4.69, 9.17) is 0 Å². The summed E-state index contributed by atoms with van der Waals surface area (Å²) in [4.78, 5) is 28.5. The molecule has 1 saturated heterocycles. The van der Waals surface area contributed by atoms with E-state index >= 15 is 0 Å². The molecule has 2 N–H and O–H groups in total. The SMILES string of the molecule is CC(C)C[C@H](NC(=O)c1ccc2ccccc2c1)C(=O)N[C@@H]1CCN(Cc2ccccc2)C1. The van der Waals surface area contributed by atoms with Gasteiger partial charge in [-0.1, -0.05) is 74.5 Å². The molecule has 172 valence electrons. The van der Waals surface area contributed by atoms with Crippen LogP contribution in [-0.4, -0.2) is 41.9 Å². The molecule has 0 saturated carbocycles. The van der Waals surface area contributed by atoms with Crippen LogP contribution in [0.15, 0.2) is 72.8 Å². The smallest absolute Gasteiger partial charge is 0.251 e. The predicted octanol–water partition coefficient (Wildman–Crippen LogP) is 4.38. The Bertz CT molecular complexity index is 1100. The highest BCUT2D eigenvalue weighted by Crippen LogP contribution is 2.17. The number of benzene rings is 3. The first-order chi connectivity index (χ1) is 16.0. The fraction of sp³-hybridized carbons (Fsp3) is 0.357. The zero-order valence-corrected chi connectivity index (χ0v) is 19.5. The van der Waals surface area contributed by atoms with Gasteiger partial charge in [0.2, 0.25) is 5.91 Å². The van der Waals surface area contributed by atoms with Gasteiger partial charge in [-0.2, -0.15) is 0 Å². The summed E-state index contributed by atoms with van der Waals surface area (Å²) in [7, 11) is 0. The van der Waals surface area contributed by atoms with Crippen LogP contribution in [0.1, 0.15) is 42.6 Å². The molecule has 1 fully saturated rings. The van der Waals surface area contributed by atoms with Gasteiger partial charge in [-0.15, -0.1) is 0 Å². The Morgan fingerprint density at radius 3 is 2.45 bits per heavy atom. The van der Waals surface area contributed by atoms with Gasteiger partial charge in [0.05, 0.1) is 0 Å². The highest BCUT2D eigenvalue weighted by molar-refractivity contribution is 6.00. The Balaban J connectivity index is 1.37. The quantitative estimate of drug-likeness (QED) is 0.543. The second-order valence-electron chi connectivity index (χ2n) is 9.43. The third kappa shape index (κ3) is 6.20. The number of fused-ring (bicyclic) bond motifs is 1. The second kappa shape index (κ2) is 10.6. The molecule has 33 heavy (non-hydrogen) atoms. The lowest BCUT2D eigenvalue weighted by atomic mass is 10.0. The number of amides is 2. The lowest BCUT2D eigenvalue weighted by Gasteiger charge is -2.23. The summed E-state index contributed by atoms with van der Waals surface area (Å²) < 4.78 is 0. The van der Waals surface area contributed by atoms with E-state index < -0.39 is 6.04 Å². The number of rotatable bonds is 8. The van der Waals surface area contributed by atoms with Crippen LogP contribution in [0.25, 0.3) is 10.8 Å². The van der Waals surface area contributed by atoms with Crippen molar-refractivity contribution in [2.24, 2.45) is 5.92 Å². The molecule has 0 bridgehead atoms. The summed E-state index contributed by atoms with van der Waals surface area (Å²) in [6, 6.07) is 23.6. The Kier molecular flexibility index (Phi) is 7.40. The number of carbonyl (C=O) groups is 2. The monoisotopic (exact) mass is 443 g/mol. The fourth-order valence-electron chi connectivity index (χ4n) is 4.51. The first kappa shape index (κ1) is 23.0. The van der Waals surface area contributed by atoms with Crippen molar-refractivity contribution in [2.45, 2.75) is 45.3 Å². The molecule has 0 spiro atoms. The van der Waals surface area contributed by atoms with Gasteiger partial charge < -0.3 is 10.6 Å². The highest BCUT2D eigenvalue weighted by atomic mass is 16.2. The number of carbonyl (C=O) groups excluding carboxylic acids is 2. The van der Waals surface area contributed by atoms with Crippen LogP contribution in [0.2, 0.25) is 0 Å². The maximum absolute atomic E-state index is 13.1. The number of hydrogen-bond acceptors (Lipinski definition) is 3. The molecule has 5 nitrogen and oxygen atoms in total. The van der Waals surface area contributed by atoms with Gasteiger partial charge in [0.1, 0.15) is 6.04 Å². The van der Waals surface area contributed by atoms with Crippen molar-refractivity contribution in [3.8, 4) is 0 Å². The average molecular weight is 444 g/mol. The molecule has 3 aromatic rings. The van der Waals surface area contributed by atoms with E-state index in [0.29, 0.717) is 12.0 Å². The third-order valence-corrected chi connectivity index (χ3v) is 6.21. The van der Waals surface area contributed by atoms with E-state index in [1.165, 1.54) is 5.56 Å². The highest BCUT2D eigenvalue weighted by Gasteiger charge is 2.28. The molecule has 2 atom stereocenters. The zero-order chi connectivity index (χ0) is 23.2. The van der Waals surface area contributed by atoms with E-state index in [0.717, 1.165) is 36.8 Å². The average Bonchev–Trinajstić information content (AvgIpc) is 3.25. The summed E-state index contributed by atoms with van der Waals surface area (Å²) in [6.45, 7) is 6.81. The number of likely N-dealkylation sites (tertiary alicyclic amines) is 1. The topological polar surface area (TPSA) is 61.4 Å². The van der Waals surface area contributed by atoms with Crippen LogP contribution in [-0.2, 0) is 11.3 Å². The van der Waals surface area contributed by atoms with E-state index in [9.17, 15) is 9.59 Å². The van der Waals surface area contributed by atoms with Crippen molar-refractivity contribution in [1.29, 1.82) is 0 Å². The maximum atomic E-state index is 13.1. The van der Waals surface area contributed by atoms with E-state index in [1.807, 2.05) is 48.5 Å². The summed E-state index contributed by atoms with van der Waals surface area (Å²) in [5, 5.41) is 8.28. The molecule has 0 aliphatic carbocycles. The minimum absolute atomic E-state index is 0.0931. The molecule has 2 amide bonds. The zero-order valence-electron chi connectivity index (χ0n) is 19.5. The Labute approximate surface area is 196 Å². The Hall–Kier alpha value is -3.18. The van der Waals surface area contributed by atoms with E-state index in [-0.39, 0.29) is 23.8 Å². The molecule has 5 heteroatoms. The second-order valence-corrected chi connectivity index (χ2v) is 9.43.